The molecule has 0 radical (unpaired) electrons. The Kier molecular flexibility index (Phi) is 3.24. The van der Waals surface area contributed by atoms with Crippen molar-refractivity contribution in [3.63, 3.8) is 0 Å². The van der Waals surface area contributed by atoms with Crippen LogP contribution in [0.1, 0.15) is 10.7 Å². The van der Waals surface area contributed by atoms with E-state index in [9.17, 15) is 0 Å². The zero-order valence-electron chi connectivity index (χ0n) is 9.31. The van der Waals surface area contributed by atoms with Crippen molar-refractivity contribution in [2.75, 3.05) is 0 Å². The summed E-state index contributed by atoms with van der Waals surface area (Å²) in [6.07, 6.45) is 1.76. The molecular weight excluding hydrogens is 289 g/mol. The molecule has 0 aliphatic heterocycles. The molecule has 0 saturated heterocycles. The number of pyridine rings is 1. The molecule has 0 bridgehead atoms. The highest BCUT2D eigenvalue weighted by Gasteiger charge is 2.11. The first-order valence-corrected chi connectivity index (χ1v) is 7.11. The van der Waals surface area contributed by atoms with Gasteiger partial charge in [0.2, 0.25) is 0 Å². The van der Waals surface area contributed by atoms with Crippen LogP contribution in [0.25, 0.3) is 11.2 Å². The minimum atomic E-state index is 0.371. The van der Waals surface area contributed by atoms with Crippen LogP contribution in [0.5, 0.6) is 0 Å². The third kappa shape index (κ3) is 2.11. The van der Waals surface area contributed by atoms with Gasteiger partial charge in [0.15, 0.2) is 5.65 Å². The Hall–Kier alpha value is -1.10. The first kappa shape index (κ1) is 12.0. The Balaban J connectivity index is 2.09. The number of imidazole rings is 1. The standard InChI is InChI=1S/C12H9Cl2N3S/c13-6-11-16-9-2-1-5-15-12(9)17(11)7-8-3-4-10(14)18-8/h1-5H,6-7H2. The molecular formula is C12H9Cl2N3S. The van der Waals surface area contributed by atoms with Crippen molar-refractivity contribution in [2.24, 2.45) is 0 Å². The van der Waals surface area contributed by atoms with E-state index in [1.54, 1.807) is 17.5 Å². The van der Waals surface area contributed by atoms with Crippen molar-refractivity contribution >= 4 is 45.7 Å². The maximum Gasteiger partial charge on any atom is 0.160 e. The maximum atomic E-state index is 5.94. The number of halogens is 2. The molecule has 0 unspecified atom stereocenters. The normalized spacial score (nSPS) is 11.2. The first-order valence-electron chi connectivity index (χ1n) is 5.38. The second-order valence-electron chi connectivity index (χ2n) is 3.80. The lowest BCUT2D eigenvalue weighted by atomic mass is 10.4. The fraction of sp³-hybridized carbons (Fsp3) is 0.167. The van der Waals surface area contributed by atoms with E-state index in [0.29, 0.717) is 12.4 Å². The Morgan fingerprint density at radius 1 is 1.28 bits per heavy atom. The van der Waals surface area contributed by atoms with Gasteiger partial charge in [-0.2, -0.15) is 0 Å². The molecule has 18 heavy (non-hydrogen) atoms. The van der Waals surface area contributed by atoms with Crippen LogP contribution in [-0.2, 0) is 12.4 Å². The van der Waals surface area contributed by atoms with Gasteiger partial charge >= 0.3 is 0 Å². The van der Waals surface area contributed by atoms with Crippen LogP contribution in [0.4, 0.5) is 0 Å². The number of fused-ring (bicyclic) bond motifs is 1. The highest BCUT2D eigenvalue weighted by molar-refractivity contribution is 7.16. The summed E-state index contributed by atoms with van der Waals surface area (Å²) in [7, 11) is 0. The minimum Gasteiger partial charge on any atom is -0.306 e. The van der Waals surface area contributed by atoms with Gasteiger partial charge in [0.25, 0.3) is 0 Å². The van der Waals surface area contributed by atoms with E-state index in [1.807, 2.05) is 28.8 Å². The molecule has 6 heteroatoms. The van der Waals surface area contributed by atoms with Crippen LogP contribution in [0.3, 0.4) is 0 Å². The van der Waals surface area contributed by atoms with Crippen molar-refractivity contribution in [1.82, 2.24) is 14.5 Å². The lowest BCUT2D eigenvalue weighted by Crippen LogP contribution is -2.03. The molecule has 3 rings (SSSR count). The lowest BCUT2D eigenvalue weighted by molar-refractivity contribution is 0.780. The molecule has 3 aromatic heterocycles. The van der Waals surface area contributed by atoms with Crippen molar-refractivity contribution < 1.29 is 0 Å². The zero-order chi connectivity index (χ0) is 12.5. The average molecular weight is 298 g/mol. The summed E-state index contributed by atoms with van der Waals surface area (Å²) >= 11 is 13.4. The third-order valence-corrected chi connectivity index (χ3v) is 4.10. The Labute approximate surface area is 118 Å². The second kappa shape index (κ2) is 4.88. The molecule has 0 aliphatic rings. The highest BCUT2D eigenvalue weighted by atomic mass is 35.5. The molecule has 0 fully saturated rings. The monoisotopic (exact) mass is 297 g/mol. The molecule has 3 heterocycles. The van der Waals surface area contributed by atoms with E-state index >= 15 is 0 Å². The number of nitrogens with zero attached hydrogens (tertiary/aromatic N) is 3. The number of hydrogen-bond donors (Lipinski definition) is 0. The van der Waals surface area contributed by atoms with Gasteiger partial charge in [-0.3, -0.25) is 0 Å². The quantitative estimate of drug-likeness (QED) is 0.686. The summed E-state index contributed by atoms with van der Waals surface area (Å²) in [5.41, 5.74) is 1.73. The van der Waals surface area contributed by atoms with Gasteiger partial charge in [-0.25, -0.2) is 9.97 Å². The molecule has 0 N–H and O–H groups in total. The molecule has 0 aromatic carbocycles. The van der Waals surface area contributed by atoms with E-state index in [1.165, 1.54) is 0 Å². The lowest BCUT2D eigenvalue weighted by Gasteiger charge is -2.04. The molecule has 0 saturated carbocycles. The Morgan fingerprint density at radius 2 is 2.17 bits per heavy atom. The van der Waals surface area contributed by atoms with E-state index in [-0.39, 0.29) is 0 Å². The van der Waals surface area contributed by atoms with E-state index < -0.39 is 0 Å². The minimum absolute atomic E-state index is 0.371. The molecule has 0 atom stereocenters. The van der Waals surface area contributed by atoms with Gasteiger partial charge in [0, 0.05) is 11.1 Å². The summed E-state index contributed by atoms with van der Waals surface area (Å²) in [6.45, 7) is 0.701. The SMILES string of the molecule is ClCc1nc2cccnc2n1Cc1ccc(Cl)s1. The Morgan fingerprint density at radius 3 is 2.89 bits per heavy atom. The van der Waals surface area contributed by atoms with E-state index in [2.05, 4.69) is 9.97 Å². The van der Waals surface area contributed by atoms with Crippen molar-refractivity contribution in [3.05, 3.63) is 45.5 Å². The second-order valence-corrected chi connectivity index (χ2v) is 5.87. The fourth-order valence-corrected chi connectivity index (χ4v) is 3.15. The van der Waals surface area contributed by atoms with Gasteiger partial charge < -0.3 is 4.57 Å². The van der Waals surface area contributed by atoms with E-state index in [4.69, 9.17) is 23.2 Å². The zero-order valence-corrected chi connectivity index (χ0v) is 11.6. The average Bonchev–Trinajstić information content (AvgIpc) is 2.94. The summed E-state index contributed by atoms with van der Waals surface area (Å²) in [5, 5.41) is 0. The van der Waals surface area contributed by atoms with Gasteiger partial charge in [0.1, 0.15) is 11.3 Å². The van der Waals surface area contributed by atoms with E-state index in [0.717, 1.165) is 26.2 Å². The van der Waals surface area contributed by atoms with Gasteiger partial charge in [-0.05, 0) is 24.3 Å². The summed E-state index contributed by atoms with van der Waals surface area (Å²) in [4.78, 5) is 10.0. The van der Waals surface area contributed by atoms with Crippen LogP contribution in [0.15, 0.2) is 30.5 Å². The Bertz CT molecular complexity index is 690. The molecule has 0 spiro atoms. The summed E-state index contributed by atoms with van der Waals surface area (Å²) in [5.74, 6) is 1.20. The van der Waals surface area contributed by atoms with Gasteiger partial charge in [0.05, 0.1) is 16.8 Å². The largest absolute Gasteiger partial charge is 0.306 e. The fourth-order valence-electron chi connectivity index (χ4n) is 1.87. The van der Waals surface area contributed by atoms with Gasteiger partial charge in [-0.15, -0.1) is 22.9 Å². The molecule has 92 valence electrons. The number of aromatic nitrogens is 3. The first-order chi connectivity index (χ1) is 8.78. The smallest absolute Gasteiger partial charge is 0.160 e. The molecule has 3 aromatic rings. The topological polar surface area (TPSA) is 30.7 Å². The molecule has 0 amide bonds. The summed E-state index contributed by atoms with van der Waals surface area (Å²) < 4.78 is 2.82. The van der Waals surface area contributed by atoms with Gasteiger partial charge in [-0.1, -0.05) is 11.6 Å². The third-order valence-electron chi connectivity index (χ3n) is 2.65. The molecule has 3 nitrogen and oxygen atoms in total. The van der Waals surface area contributed by atoms with Crippen molar-refractivity contribution in [1.29, 1.82) is 0 Å². The van der Waals surface area contributed by atoms with Crippen LogP contribution < -0.4 is 0 Å². The number of hydrogen-bond acceptors (Lipinski definition) is 3. The van der Waals surface area contributed by atoms with Crippen LogP contribution in [-0.4, -0.2) is 14.5 Å². The predicted octanol–water partition coefficient (Wildman–Crippen LogP) is 3.93. The van der Waals surface area contributed by atoms with Crippen LogP contribution in [0.2, 0.25) is 4.34 Å². The molecule has 0 aliphatic carbocycles. The van der Waals surface area contributed by atoms with Crippen LogP contribution >= 0.6 is 34.5 Å². The maximum absolute atomic E-state index is 5.94. The highest BCUT2D eigenvalue weighted by Crippen LogP contribution is 2.24. The van der Waals surface area contributed by atoms with Crippen molar-refractivity contribution in [3.8, 4) is 0 Å². The number of thiophene rings is 1. The van der Waals surface area contributed by atoms with Crippen molar-refractivity contribution in [2.45, 2.75) is 12.4 Å². The predicted molar refractivity (Wildman–Crippen MR) is 75.5 cm³/mol. The summed E-state index contributed by atoms with van der Waals surface area (Å²) in [6, 6.07) is 7.73. The van der Waals surface area contributed by atoms with Crippen LogP contribution in [0, 0.1) is 0 Å². The number of rotatable bonds is 3. The number of alkyl halides is 1.